The molecule has 7 heteroatoms. The van der Waals surface area contributed by atoms with Gasteiger partial charge in [0.2, 0.25) is 5.91 Å². The topological polar surface area (TPSA) is 84.0 Å². The maximum Gasteiger partial charge on any atom is 0.221 e. The van der Waals surface area contributed by atoms with Crippen molar-refractivity contribution >= 4 is 17.6 Å². The Balaban J connectivity index is 1.72. The molecule has 0 aromatic heterocycles. The number of amides is 1. The summed E-state index contributed by atoms with van der Waals surface area (Å²) in [5.41, 5.74) is 1.98. The molecule has 7 nitrogen and oxygen atoms in total. The number of carbonyl (C=O) groups is 1. The van der Waals surface area contributed by atoms with Crippen molar-refractivity contribution in [3.63, 3.8) is 0 Å². The largest absolute Gasteiger partial charge is 0.497 e. The molecule has 29 heavy (non-hydrogen) atoms. The van der Waals surface area contributed by atoms with Crippen molar-refractivity contribution < 1.29 is 14.3 Å². The zero-order valence-electron chi connectivity index (χ0n) is 17.5. The van der Waals surface area contributed by atoms with E-state index >= 15 is 0 Å². The number of rotatable bonds is 9. The highest BCUT2D eigenvalue weighted by molar-refractivity contribution is 5.88. The van der Waals surface area contributed by atoms with Gasteiger partial charge in [0, 0.05) is 32.3 Å². The molecular weight excluding hydrogens is 368 g/mol. The molecule has 0 radical (unpaired) electrons. The fraction of sp³-hybridized carbons (Fsp3) is 0.364. The molecule has 0 fully saturated rings. The average molecular weight is 399 g/mol. The molecule has 0 aliphatic rings. The number of methoxy groups -OCH3 is 1. The first-order valence-electron chi connectivity index (χ1n) is 9.62. The summed E-state index contributed by atoms with van der Waals surface area (Å²) in [6.07, 6.45) is 0.804. The summed E-state index contributed by atoms with van der Waals surface area (Å²) in [4.78, 5) is 15.3. The SMILES string of the molecule is CN=C(NCCc1ccc(NC(C)=O)cc1)NCC(C)Oc1cccc(OC)c1. The summed E-state index contributed by atoms with van der Waals surface area (Å²) in [5, 5.41) is 9.33. The lowest BCUT2D eigenvalue weighted by atomic mass is 10.1. The molecule has 0 saturated heterocycles. The zero-order valence-corrected chi connectivity index (χ0v) is 17.5. The number of nitrogens with zero attached hydrogens (tertiary/aromatic N) is 1. The first-order chi connectivity index (χ1) is 14.0. The molecule has 0 saturated carbocycles. The van der Waals surface area contributed by atoms with E-state index in [9.17, 15) is 4.79 Å². The minimum Gasteiger partial charge on any atom is -0.497 e. The smallest absolute Gasteiger partial charge is 0.221 e. The molecule has 3 N–H and O–H groups in total. The highest BCUT2D eigenvalue weighted by Gasteiger charge is 2.07. The summed E-state index contributed by atoms with van der Waals surface area (Å²) in [6.45, 7) is 4.85. The first kappa shape index (κ1) is 22.1. The molecule has 0 heterocycles. The highest BCUT2D eigenvalue weighted by atomic mass is 16.5. The van der Waals surface area contributed by atoms with E-state index in [1.165, 1.54) is 12.5 Å². The lowest BCUT2D eigenvalue weighted by Crippen LogP contribution is -2.42. The Bertz CT molecular complexity index is 806. The van der Waals surface area contributed by atoms with Crippen molar-refractivity contribution in [1.29, 1.82) is 0 Å². The van der Waals surface area contributed by atoms with E-state index in [4.69, 9.17) is 9.47 Å². The van der Waals surface area contributed by atoms with Crippen molar-refractivity contribution in [3.05, 3.63) is 54.1 Å². The summed E-state index contributed by atoms with van der Waals surface area (Å²) in [5.74, 6) is 2.19. The molecular formula is C22H30N4O3. The van der Waals surface area contributed by atoms with Gasteiger partial charge in [0.1, 0.15) is 17.6 Å². The number of ether oxygens (including phenoxy) is 2. The van der Waals surface area contributed by atoms with Crippen LogP contribution in [0.25, 0.3) is 0 Å². The summed E-state index contributed by atoms with van der Waals surface area (Å²) < 4.78 is 11.1. The molecule has 156 valence electrons. The summed E-state index contributed by atoms with van der Waals surface area (Å²) in [6, 6.07) is 15.4. The van der Waals surface area contributed by atoms with Gasteiger partial charge in [0.05, 0.1) is 13.7 Å². The van der Waals surface area contributed by atoms with E-state index in [2.05, 4.69) is 20.9 Å². The molecule has 2 aromatic rings. The number of nitrogens with one attached hydrogen (secondary N) is 3. The second-order valence-corrected chi connectivity index (χ2v) is 6.62. The number of aliphatic imine (C=N–C) groups is 1. The Hall–Kier alpha value is -3.22. The maximum atomic E-state index is 11.1. The first-order valence-corrected chi connectivity index (χ1v) is 9.62. The van der Waals surface area contributed by atoms with Gasteiger partial charge in [-0.3, -0.25) is 9.79 Å². The molecule has 0 aliphatic heterocycles. The molecule has 0 bridgehead atoms. The fourth-order valence-electron chi connectivity index (χ4n) is 2.69. The van der Waals surface area contributed by atoms with Crippen molar-refractivity contribution in [2.75, 3.05) is 32.6 Å². The number of hydrogen-bond donors (Lipinski definition) is 3. The number of benzene rings is 2. The predicted molar refractivity (Wildman–Crippen MR) is 117 cm³/mol. The van der Waals surface area contributed by atoms with Crippen LogP contribution in [0.15, 0.2) is 53.5 Å². The van der Waals surface area contributed by atoms with Crippen LogP contribution in [0.2, 0.25) is 0 Å². The lowest BCUT2D eigenvalue weighted by molar-refractivity contribution is -0.114. The van der Waals surface area contributed by atoms with Gasteiger partial charge in [0.25, 0.3) is 0 Å². The fourth-order valence-corrected chi connectivity index (χ4v) is 2.69. The van der Waals surface area contributed by atoms with Crippen molar-refractivity contribution in [2.24, 2.45) is 4.99 Å². The van der Waals surface area contributed by atoms with Gasteiger partial charge >= 0.3 is 0 Å². The minimum absolute atomic E-state index is 0.0398. The van der Waals surface area contributed by atoms with E-state index in [0.717, 1.165) is 36.1 Å². The predicted octanol–water partition coefficient (Wildman–Crippen LogP) is 2.83. The third kappa shape index (κ3) is 8.13. The quantitative estimate of drug-likeness (QED) is 0.447. The average Bonchev–Trinajstić information content (AvgIpc) is 2.71. The number of carbonyl (C=O) groups excluding carboxylic acids is 1. The van der Waals surface area contributed by atoms with Crippen LogP contribution in [-0.4, -0.2) is 45.2 Å². The van der Waals surface area contributed by atoms with Gasteiger partial charge in [-0.15, -0.1) is 0 Å². The van der Waals surface area contributed by atoms with E-state index in [0.29, 0.717) is 6.54 Å². The van der Waals surface area contributed by atoms with Crippen LogP contribution in [0, 0.1) is 0 Å². The minimum atomic E-state index is -0.0705. The van der Waals surface area contributed by atoms with Gasteiger partial charge < -0.3 is 25.4 Å². The highest BCUT2D eigenvalue weighted by Crippen LogP contribution is 2.19. The Kier molecular flexibility index (Phi) is 8.82. The number of hydrogen-bond acceptors (Lipinski definition) is 4. The molecule has 0 aliphatic carbocycles. The summed E-state index contributed by atoms with van der Waals surface area (Å²) >= 11 is 0. The van der Waals surface area contributed by atoms with E-state index < -0.39 is 0 Å². The van der Waals surface area contributed by atoms with E-state index in [1.54, 1.807) is 14.2 Å². The third-order valence-corrected chi connectivity index (χ3v) is 4.14. The van der Waals surface area contributed by atoms with Gasteiger partial charge in [0.15, 0.2) is 5.96 Å². The van der Waals surface area contributed by atoms with Crippen LogP contribution in [0.5, 0.6) is 11.5 Å². The summed E-state index contributed by atoms with van der Waals surface area (Å²) in [7, 11) is 3.38. The van der Waals surface area contributed by atoms with Crippen LogP contribution >= 0.6 is 0 Å². The molecule has 0 spiro atoms. The maximum absolute atomic E-state index is 11.1. The van der Waals surface area contributed by atoms with Crippen LogP contribution in [0.3, 0.4) is 0 Å². The molecule has 2 aromatic carbocycles. The van der Waals surface area contributed by atoms with Gasteiger partial charge in [-0.25, -0.2) is 0 Å². The Morgan fingerprint density at radius 3 is 2.48 bits per heavy atom. The number of guanidine groups is 1. The monoisotopic (exact) mass is 398 g/mol. The Morgan fingerprint density at radius 1 is 1.10 bits per heavy atom. The Labute approximate surface area is 172 Å². The second kappa shape index (κ2) is 11.6. The molecule has 1 atom stereocenters. The number of anilines is 1. The molecule has 1 amide bonds. The molecule has 2 rings (SSSR count). The van der Waals surface area contributed by atoms with Crippen LogP contribution in [0.4, 0.5) is 5.69 Å². The van der Waals surface area contributed by atoms with Crippen LogP contribution in [-0.2, 0) is 11.2 Å². The van der Waals surface area contributed by atoms with E-state index in [-0.39, 0.29) is 12.0 Å². The normalized spacial score (nSPS) is 12.1. The van der Waals surface area contributed by atoms with Crippen molar-refractivity contribution in [2.45, 2.75) is 26.4 Å². The zero-order chi connectivity index (χ0) is 21.1. The van der Waals surface area contributed by atoms with Gasteiger partial charge in [-0.2, -0.15) is 0 Å². The van der Waals surface area contributed by atoms with Crippen molar-refractivity contribution in [1.82, 2.24) is 10.6 Å². The standard InChI is InChI=1S/C22H30N4O3/c1-16(29-21-7-5-6-20(14-21)28-4)15-25-22(23-3)24-13-12-18-8-10-19(11-9-18)26-17(2)27/h5-11,14,16H,12-13,15H2,1-4H3,(H,26,27)(H2,23,24,25). The third-order valence-electron chi connectivity index (χ3n) is 4.14. The van der Waals surface area contributed by atoms with Gasteiger partial charge in [-0.05, 0) is 43.2 Å². The van der Waals surface area contributed by atoms with Gasteiger partial charge in [-0.1, -0.05) is 18.2 Å². The lowest BCUT2D eigenvalue weighted by Gasteiger charge is -2.18. The Morgan fingerprint density at radius 2 is 1.83 bits per heavy atom. The second-order valence-electron chi connectivity index (χ2n) is 6.62. The van der Waals surface area contributed by atoms with Crippen LogP contribution in [0.1, 0.15) is 19.4 Å². The van der Waals surface area contributed by atoms with Crippen molar-refractivity contribution in [3.8, 4) is 11.5 Å². The van der Waals surface area contributed by atoms with Crippen LogP contribution < -0.4 is 25.4 Å². The van der Waals surface area contributed by atoms with E-state index in [1.807, 2.05) is 55.5 Å². The molecule has 1 unspecified atom stereocenters.